The maximum atomic E-state index is 12.6. The van der Waals surface area contributed by atoms with Crippen LogP contribution in [0.3, 0.4) is 0 Å². The lowest BCUT2D eigenvalue weighted by Gasteiger charge is -2.09. The zero-order chi connectivity index (χ0) is 16.2. The van der Waals surface area contributed by atoms with E-state index in [1.54, 1.807) is 6.08 Å². The topological polar surface area (TPSA) is 37.3 Å². The molecular formula is C16H11F3O2S. The number of rotatable bonds is 4. The summed E-state index contributed by atoms with van der Waals surface area (Å²) in [5.41, 5.74) is 0.537. The zero-order valence-electron chi connectivity index (χ0n) is 11.2. The molecule has 0 saturated heterocycles. The molecule has 6 heteroatoms. The summed E-state index contributed by atoms with van der Waals surface area (Å²) in [5, 5.41) is 10.5. The van der Waals surface area contributed by atoms with Crippen LogP contribution in [0.15, 0.2) is 60.0 Å². The Balaban J connectivity index is 2.40. The number of allylic oxidation sites excluding steroid dienone is 2. The first-order valence-electron chi connectivity index (χ1n) is 6.21. The number of thiophene rings is 1. The van der Waals surface area contributed by atoms with E-state index in [1.807, 2.05) is 17.5 Å². The molecule has 0 aliphatic heterocycles. The molecule has 1 aromatic heterocycles. The van der Waals surface area contributed by atoms with E-state index in [4.69, 9.17) is 5.11 Å². The number of alkyl halides is 3. The lowest BCUT2D eigenvalue weighted by molar-refractivity contribution is -0.137. The highest BCUT2D eigenvalue weighted by molar-refractivity contribution is 7.11. The number of hydrogen-bond acceptors (Lipinski definition) is 2. The molecule has 2 aromatic rings. The van der Waals surface area contributed by atoms with Crippen molar-refractivity contribution in [2.45, 2.75) is 6.18 Å². The number of halogens is 3. The molecule has 0 spiro atoms. The Bertz CT molecular complexity index is 696. The molecule has 0 atom stereocenters. The van der Waals surface area contributed by atoms with Crippen molar-refractivity contribution in [2.24, 2.45) is 0 Å². The van der Waals surface area contributed by atoms with Crippen LogP contribution in [-0.4, -0.2) is 11.1 Å². The molecule has 0 aliphatic carbocycles. The number of aliphatic carboxylic acids is 1. The minimum Gasteiger partial charge on any atom is -0.478 e. The molecule has 2 rings (SSSR count). The molecule has 0 fully saturated rings. The monoisotopic (exact) mass is 324 g/mol. The lowest BCUT2D eigenvalue weighted by atomic mass is 10.0. The highest BCUT2D eigenvalue weighted by Gasteiger charge is 2.30. The molecule has 1 heterocycles. The molecule has 1 N–H and O–H groups in total. The average molecular weight is 324 g/mol. The second-order valence-corrected chi connectivity index (χ2v) is 5.28. The van der Waals surface area contributed by atoms with Gasteiger partial charge in [-0.15, -0.1) is 11.3 Å². The first-order chi connectivity index (χ1) is 10.4. The first kappa shape index (κ1) is 16.0. The molecule has 0 unspecified atom stereocenters. The fourth-order valence-electron chi connectivity index (χ4n) is 1.82. The van der Waals surface area contributed by atoms with Crippen molar-refractivity contribution in [2.75, 3.05) is 0 Å². The number of hydrogen-bond donors (Lipinski definition) is 1. The quantitative estimate of drug-likeness (QED) is 0.645. The molecule has 2 nitrogen and oxygen atoms in total. The third kappa shape index (κ3) is 4.08. The van der Waals surface area contributed by atoms with Crippen molar-refractivity contribution < 1.29 is 23.1 Å². The molecule has 0 bridgehead atoms. The van der Waals surface area contributed by atoms with Crippen LogP contribution in [0.2, 0.25) is 0 Å². The molecule has 22 heavy (non-hydrogen) atoms. The second kappa shape index (κ2) is 6.62. The fourth-order valence-corrected chi connectivity index (χ4v) is 2.59. The van der Waals surface area contributed by atoms with Gasteiger partial charge in [-0.1, -0.05) is 30.4 Å². The van der Waals surface area contributed by atoms with E-state index in [-0.39, 0.29) is 0 Å². The van der Waals surface area contributed by atoms with Crippen molar-refractivity contribution in [3.63, 3.8) is 0 Å². The predicted octanol–water partition coefficient (Wildman–Crippen LogP) is 4.84. The average Bonchev–Trinajstić information content (AvgIpc) is 2.96. The van der Waals surface area contributed by atoms with Gasteiger partial charge in [-0.3, -0.25) is 0 Å². The van der Waals surface area contributed by atoms with Gasteiger partial charge in [0.2, 0.25) is 0 Å². The van der Waals surface area contributed by atoms with Gasteiger partial charge in [0.05, 0.1) is 5.56 Å². The SMILES string of the molecule is O=C(O)/C=C/C=C(\c1ccc(C(F)(F)F)cc1)c1cccs1. The Labute approximate surface area is 128 Å². The van der Waals surface area contributed by atoms with Crippen molar-refractivity contribution in [3.8, 4) is 0 Å². The minimum atomic E-state index is -4.38. The molecule has 114 valence electrons. The molecular weight excluding hydrogens is 313 g/mol. The van der Waals surface area contributed by atoms with Crippen LogP contribution in [0, 0.1) is 0 Å². The second-order valence-electron chi connectivity index (χ2n) is 4.33. The van der Waals surface area contributed by atoms with Gasteiger partial charge in [0, 0.05) is 11.0 Å². The lowest BCUT2D eigenvalue weighted by Crippen LogP contribution is -2.04. The van der Waals surface area contributed by atoms with Crippen LogP contribution < -0.4 is 0 Å². The molecule has 0 amide bonds. The Morgan fingerprint density at radius 1 is 1.14 bits per heavy atom. The van der Waals surface area contributed by atoms with Crippen LogP contribution in [0.1, 0.15) is 16.0 Å². The van der Waals surface area contributed by atoms with Gasteiger partial charge in [-0.05, 0) is 34.7 Å². The van der Waals surface area contributed by atoms with Gasteiger partial charge in [0.1, 0.15) is 0 Å². The van der Waals surface area contributed by atoms with Crippen LogP contribution in [0.25, 0.3) is 5.57 Å². The van der Waals surface area contributed by atoms with E-state index in [0.29, 0.717) is 11.1 Å². The first-order valence-corrected chi connectivity index (χ1v) is 7.08. The Morgan fingerprint density at radius 2 is 1.82 bits per heavy atom. The van der Waals surface area contributed by atoms with Gasteiger partial charge in [0.15, 0.2) is 0 Å². The van der Waals surface area contributed by atoms with E-state index in [9.17, 15) is 18.0 Å². The zero-order valence-corrected chi connectivity index (χ0v) is 12.0. The molecule has 0 aliphatic rings. The van der Waals surface area contributed by atoms with E-state index in [1.165, 1.54) is 29.5 Å². The van der Waals surface area contributed by atoms with Gasteiger partial charge in [0.25, 0.3) is 0 Å². The summed E-state index contributed by atoms with van der Waals surface area (Å²) < 4.78 is 37.8. The fraction of sp³-hybridized carbons (Fsp3) is 0.0625. The normalized spacial score (nSPS) is 12.8. The highest BCUT2D eigenvalue weighted by atomic mass is 32.1. The van der Waals surface area contributed by atoms with Gasteiger partial charge >= 0.3 is 12.1 Å². The Kier molecular flexibility index (Phi) is 4.82. The van der Waals surface area contributed by atoms with Gasteiger partial charge in [-0.25, -0.2) is 4.79 Å². The standard InChI is InChI=1S/C16H11F3O2S/c17-16(18,19)12-8-6-11(7-9-12)13(3-1-5-15(20)21)14-4-2-10-22-14/h1-10H,(H,20,21)/b5-1+,13-3+. The molecule has 0 radical (unpaired) electrons. The van der Waals surface area contributed by atoms with Crippen LogP contribution in [0.5, 0.6) is 0 Å². The predicted molar refractivity (Wildman–Crippen MR) is 79.6 cm³/mol. The number of carboxylic acids is 1. The van der Waals surface area contributed by atoms with E-state index in [0.717, 1.165) is 23.1 Å². The van der Waals surface area contributed by atoms with Crippen molar-refractivity contribution >= 4 is 22.9 Å². The number of carboxylic acid groups (broad SMARTS) is 1. The Hall–Kier alpha value is -2.34. The summed E-state index contributed by atoms with van der Waals surface area (Å²) >= 11 is 1.42. The number of carbonyl (C=O) groups is 1. The summed E-state index contributed by atoms with van der Waals surface area (Å²) in [6.45, 7) is 0. The van der Waals surface area contributed by atoms with Gasteiger partial charge < -0.3 is 5.11 Å². The summed E-state index contributed by atoms with van der Waals surface area (Å²) in [7, 11) is 0. The maximum absolute atomic E-state index is 12.6. The number of benzene rings is 1. The van der Waals surface area contributed by atoms with Crippen LogP contribution >= 0.6 is 11.3 Å². The minimum absolute atomic E-state index is 0.588. The Morgan fingerprint density at radius 3 is 2.32 bits per heavy atom. The van der Waals surface area contributed by atoms with Crippen molar-refractivity contribution in [1.82, 2.24) is 0 Å². The third-order valence-corrected chi connectivity index (χ3v) is 3.71. The van der Waals surface area contributed by atoms with Crippen LogP contribution in [-0.2, 0) is 11.0 Å². The van der Waals surface area contributed by atoms with Crippen molar-refractivity contribution in [1.29, 1.82) is 0 Å². The smallest absolute Gasteiger partial charge is 0.416 e. The summed E-state index contributed by atoms with van der Waals surface area (Å²) in [4.78, 5) is 11.4. The maximum Gasteiger partial charge on any atom is 0.416 e. The van der Waals surface area contributed by atoms with Crippen LogP contribution in [0.4, 0.5) is 13.2 Å². The summed E-state index contributed by atoms with van der Waals surface area (Å²) in [5.74, 6) is -1.09. The van der Waals surface area contributed by atoms with Crippen molar-refractivity contribution in [3.05, 3.63) is 76.0 Å². The summed E-state index contributed by atoms with van der Waals surface area (Å²) in [6, 6.07) is 8.42. The highest BCUT2D eigenvalue weighted by Crippen LogP contribution is 2.32. The largest absolute Gasteiger partial charge is 0.478 e. The van der Waals surface area contributed by atoms with E-state index < -0.39 is 17.7 Å². The van der Waals surface area contributed by atoms with E-state index in [2.05, 4.69) is 0 Å². The molecule has 1 aromatic carbocycles. The molecule has 0 saturated carbocycles. The van der Waals surface area contributed by atoms with E-state index >= 15 is 0 Å². The summed E-state index contributed by atoms with van der Waals surface area (Å²) in [6.07, 6.45) is -0.482. The van der Waals surface area contributed by atoms with Gasteiger partial charge in [-0.2, -0.15) is 13.2 Å². The third-order valence-electron chi connectivity index (χ3n) is 2.81.